The zero-order valence-electron chi connectivity index (χ0n) is 15.6. The Morgan fingerprint density at radius 2 is 2.11 bits per heavy atom. The molecule has 4 rings (SSSR count). The first-order valence-electron chi connectivity index (χ1n) is 9.50. The summed E-state index contributed by atoms with van der Waals surface area (Å²) in [5.74, 6) is 0.314. The molecule has 1 fully saturated rings. The highest BCUT2D eigenvalue weighted by atomic mass is 16.2. The van der Waals surface area contributed by atoms with E-state index in [9.17, 15) is 9.59 Å². The van der Waals surface area contributed by atoms with Crippen LogP contribution in [-0.4, -0.2) is 27.9 Å². The van der Waals surface area contributed by atoms with Gasteiger partial charge in [0.25, 0.3) is 11.6 Å². The number of aromatic amines is 1. The minimum absolute atomic E-state index is 0.180. The number of pyridine rings is 2. The van der Waals surface area contributed by atoms with Crippen LogP contribution in [0.1, 0.15) is 48.5 Å². The Bertz CT molecular complexity index is 1080. The van der Waals surface area contributed by atoms with E-state index in [1.807, 2.05) is 26.0 Å². The van der Waals surface area contributed by atoms with E-state index in [1.54, 1.807) is 16.7 Å². The first kappa shape index (κ1) is 17.5. The monoisotopic (exact) mass is 366 g/mol. The molecule has 3 aromatic rings. The lowest BCUT2D eigenvalue weighted by Crippen LogP contribution is -2.34. The molecule has 140 valence electrons. The molecule has 0 radical (unpaired) electrons. The normalized spacial score (nSPS) is 14.7. The Hall–Kier alpha value is -2.96. The number of nitrogens with zero attached hydrogens (tertiary/aromatic N) is 2. The van der Waals surface area contributed by atoms with Crippen LogP contribution in [-0.2, 0) is 0 Å². The molecule has 27 heavy (non-hydrogen) atoms. The van der Waals surface area contributed by atoms with Gasteiger partial charge >= 0.3 is 5.56 Å². The summed E-state index contributed by atoms with van der Waals surface area (Å²) in [5.41, 5.74) is 2.34. The average Bonchev–Trinajstić information content (AvgIpc) is 3.15. The molecule has 0 unspecified atom stereocenters. The van der Waals surface area contributed by atoms with Gasteiger partial charge in [0.1, 0.15) is 10.9 Å². The highest BCUT2D eigenvalue weighted by molar-refractivity contribution is 6.01. The van der Waals surface area contributed by atoms with E-state index >= 15 is 0 Å². The molecule has 0 bridgehead atoms. The lowest BCUT2D eigenvalue weighted by Gasteiger charge is -2.13. The van der Waals surface area contributed by atoms with Crippen LogP contribution in [0.5, 0.6) is 0 Å². The number of carbonyl (C=O) groups is 1. The Morgan fingerprint density at radius 1 is 1.33 bits per heavy atom. The number of nitrogens with one attached hydrogen (secondary N) is 3. The number of hydrogen-bond acceptors (Lipinski definition) is 4. The van der Waals surface area contributed by atoms with Crippen LogP contribution >= 0.6 is 0 Å². The minimum Gasteiger partial charge on any atom is -0.356 e. The molecular weight excluding hydrogens is 342 g/mol. The molecule has 0 aliphatic heterocycles. The third kappa shape index (κ3) is 3.25. The summed E-state index contributed by atoms with van der Waals surface area (Å²) in [5, 5.41) is 6.64. The maximum Gasteiger partial charge on any atom is 0.325 e. The molecular formula is C20H24N5O2+. The van der Waals surface area contributed by atoms with Gasteiger partial charge in [-0.2, -0.15) is 4.40 Å². The summed E-state index contributed by atoms with van der Waals surface area (Å²) in [7, 11) is 0. The van der Waals surface area contributed by atoms with Crippen molar-refractivity contribution in [2.75, 3.05) is 11.9 Å². The fourth-order valence-corrected chi connectivity index (χ4v) is 3.71. The fraction of sp³-hybridized carbons (Fsp3) is 0.400. The van der Waals surface area contributed by atoms with E-state index < -0.39 is 0 Å². The van der Waals surface area contributed by atoms with Gasteiger partial charge in [0.2, 0.25) is 11.5 Å². The summed E-state index contributed by atoms with van der Waals surface area (Å²) in [6.45, 7) is 4.52. The standard InChI is InChI=1S/C20H23N5O2/c1-3-21-17-14(19(26)22-13-6-4-5-7-13)10-15-18(24-17)23-16-9-8-12(2)11-25(16)20(15)27/h8-11,13H,3-7H2,1-2H3,(H,21,24)(H,22,26)/p+1. The van der Waals surface area contributed by atoms with Crippen molar-refractivity contribution < 1.29 is 9.78 Å². The van der Waals surface area contributed by atoms with Crippen LogP contribution in [0.25, 0.3) is 16.7 Å². The Kier molecular flexibility index (Phi) is 4.51. The molecule has 3 aromatic heterocycles. The van der Waals surface area contributed by atoms with Gasteiger partial charge in [-0.05, 0) is 44.4 Å². The molecule has 0 aromatic carbocycles. The van der Waals surface area contributed by atoms with Gasteiger partial charge < -0.3 is 10.6 Å². The van der Waals surface area contributed by atoms with Crippen molar-refractivity contribution in [2.24, 2.45) is 0 Å². The van der Waals surface area contributed by atoms with Gasteiger partial charge in [-0.15, -0.1) is 0 Å². The molecule has 7 heteroatoms. The SMILES string of the molecule is CCNc1nc2[nH+]c3ccc(C)cn3c(=O)c2cc1C(=O)NC1CCCC1. The van der Waals surface area contributed by atoms with Crippen molar-refractivity contribution >= 4 is 28.4 Å². The Balaban J connectivity index is 1.87. The minimum atomic E-state index is -0.187. The Labute approximate surface area is 156 Å². The van der Waals surface area contributed by atoms with Crippen molar-refractivity contribution in [3.8, 4) is 0 Å². The molecule has 0 atom stereocenters. The number of aromatic nitrogens is 3. The molecule has 1 saturated carbocycles. The van der Waals surface area contributed by atoms with Gasteiger partial charge in [0.05, 0.1) is 6.20 Å². The summed E-state index contributed by atoms with van der Waals surface area (Å²) < 4.78 is 1.56. The summed E-state index contributed by atoms with van der Waals surface area (Å²) in [6, 6.07) is 5.64. The second kappa shape index (κ2) is 6.98. The number of carbonyl (C=O) groups excluding carboxylic acids is 1. The van der Waals surface area contributed by atoms with Crippen molar-refractivity contribution in [2.45, 2.75) is 45.6 Å². The van der Waals surface area contributed by atoms with Crippen molar-refractivity contribution in [1.29, 1.82) is 0 Å². The van der Waals surface area contributed by atoms with E-state index in [4.69, 9.17) is 0 Å². The molecule has 1 aliphatic carbocycles. The highest BCUT2D eigenvalue weighted by Gasteiger charge is 2.24. The van der Waals surface area contributed by atoms with Crippen molar-refractivity contribution in [3.05, 3.63) is 45.9 Å². The second-order valence-corrected chi connectivity index (χ2v) is 7.16. The molecule has 7 nitrogen and oxygen atoms in total. The molecule has 3 heterocycles. The number of amides is 1. The smallest absolute Gasteiger partial charge is 0.325 e. The van der Waals surface area contributed by atoms with Crippen LogP contribution in [0.15, 0.2) is 29.2 Å². The number of fused-ring (bicyclic) bond motifs is 2. The summed E-state index contributed by atoms with van der Waals surface area (Å²) in [6.07, 6.45) is 6.07. The summed E-state index contributed by atoms with van der Waals surface area (Å²) >= 11 is 0. The third-order valence-corrected chi connectivity index (χ3v) is 5.09. The number of rotatable bonds is 4. The van der Waals surface area contributed by atoms with Crippen LogP contribution < -0.4 is 21.2 Å². The maximum atomic E-state index is 13.0. The number of H-pyrrole nitrogens is 1. The Morgan fingerprint density at radius 3 is 2.85 bits per heavy atom. The largest absolute Gasteiger partial charge is 0.356 e. The van der Waals surface area contributed by atoms with Gasteiger partial charge in [0.15, 0.2) is 0 Å². The lowest BCUT2D eigenvalue weighted by molar-refractivity contribution is -0.319. The summed E-state index contributed by atoms with van der Waals surface area (Å²) in [4.78, 5) is 33.6. The van der Waals surface area contributed by atoms with E-state index in [0.29, 0.717) is 34.6 Å². The first-order valence-corrected chi connectivity index (χ1v) is 9.50. The molecule has 3 N–H and O–H groups in total. The first-order chi connectivity index (χ1) is 13.1. The molecule has 1 amide bonds. The predicted octanol–water partition coefficient (Wildman–Crippen LogP) is 2.07. The lowest BCUT2D eigenvalue weighted by atomic mass is 10.1. The van der Waals surface area contributed by atoms with Gasteiger partial charge in [-0.25, -0.2) is 9.78 Å². The predicted molar refractivity (Wildman–Crippen MR) is 104 cm³/mol. The number of aryl methyl sites for hydroxylation is 1. The van der Waals surface area contributed by atoms with Crippen LogP contribution in [0.3, 0.4) is 0 Å². The highest BCUT2D eigenvalue weighted by Crippen LogP contribution is 2.21. The van der Waals surface area contributed by atoms with Crippen molar-refractivity contribution in [1.82, 2.24) is 14.7 Å². The maximum absolute atomic E-state index is 13.0. The van der Waals surface area contributed by atoms with E-state index in [-0.39, 0.29) is 17.5 Å². The van der Waals surface area contributed by atoms with Crippen LogP contribution in [0.2, 0.25) is 0 Å². The van der Waals surface area contributed by atoms with Crippen molar-refractivity contribution in [3.63, 3.8) is 0 Å². The van der Waals surface area contributed by atoms with Gasteiger partial charge in [0, 0.05) is 18.7 Å². The molecule has 0 spiro atoms. The molecule has 0 saturated heterocycles. The second-order valence-electron chi connectivity index (χ2n) is 7.16. The third-order valence-electron chi connectivity index (χ3n) is 5.09. The molecule has 1 aliphatic rings. The average molecular weight is 366 g/mol. The zero-order valence-corrected chi connectivity index (χ0v) is 15.6. The van der Waals surface area contributed by atoms with Gasteiger partial charge in [-0.1, -0.05) is 17.8 Å². The van der Waals surface area contributed by atoms with Crippen LogP contribution in [0.4, 0.5) is 5.82 Å². The topological polar surface area (TPSA) is 89.6 Å². The van der Waals surface area contributed by atoms with E-state index in [0.717, 1.165) is 31.2 Å². The quantitative estimate of drug-likeness (QED) is 0.692. The fourth-order valence-electron chi connectivity index (χ4n) is 3.71. The number of anilines is 1. The number of hydrogen-bond donors (Lipinski definition) is 2. The van der Waals surface area contributed by atoms with Gasteiger partial charge in [-0.3, -0.25) is 4.79 Å². The van der Waals surface area contributed by atoms with Crippen LogP contribution in [0, 0.1) is 6.92 Å². The zero-order chi connectivity index (χ0) is 19.0. The van der Waals surface area contributed by atoms with E-state index in [1.165, 1.54) is 0 Å². The van der Waals surface area contributed by atoms with E-state index in [2.05, 4.69) is 20.6 Å².